The van der Waals surface area contributed by atoms with Gasteiger partial charge in [-0.3, -0.25) is 5.10 Å². The summed E-state index contributed by atoms with van der Waals surface area (Å²) in [5.41, 5.74) is 0.523. The molecule has 3 N–H and O–H groups in total. The lowest BCUT2D eigenvalue weighted by atomic mass is 9.86. The molecule has 2 amide bonds. The second kappa shape index (κ2) is 8.08. The van der Waals surface area contributed by atoms with Crippen LogP contribution in [0, 0.1) is 0 Å². The third-order valence-corrected chi connectivity index (χ3v) is 4.81. The summed E-state index contributed by atoms with van der Waals surface area (Å²) in [5, 5.41) is 12.9. The SMILES string of the molecule is CC(C)(C)c1n[nH]c(CNC(=O)NCC2(c3ccccc3)CCCCO2)n1. The number of carbonyl (C=O) groups is 1. The maximum atomic E-state index is 12.3. The summed E-state index contributed by atoms with van der Waals surface area (Å²) in [6.07, 6.45) is 3.04. The van der Waals surface area contributed by atoms with Crippen LogP contribution in [0.5, 0.6) is 0 Å². The van der Waals surface area contributed by atoms with Gasteiger partial charge < -0.3 is 15.4 Å². The zero-order valence-electron chi connectivity index (χ0n) is 16.3. The largest absolute Gasteiger partial charge is 0.368 e. The third-order valence-electron chi connectivity index (χ3n) is 4.81. The van der Waals surface area contributed by atoms with Crippen LogP contribution in [0.15, 0.2) is 30.3 Å². The molecule has 2 aromatic rings. The van der Waals surface area contributed by atoms with Crippen molar-refractivity contribution >= 4 is 6.03 Å². The molecule has 1 atom stereocenters. The minimum absolute atomic E-state index is 0.128. The van der Waals surface area contributed by atoms with Gasteiger partial charge in [-0.2, -0.15) is 5.10 Å². The van der Waals surface area contributed by atoms with Crippen molar-refractivity contribution in [3.63, 3.8) is 0 Å². The first-order valence-corrected chi connectivity index (χ1v) is 9.52. The molecule has 3 rings (SSSR count). The first-order chi connectivity index (χ1) is 12.9. The fourth-order valence-electron chi connectivity index (χ4n) is 3.22. The fraction of sp³-hybridized carbons (Fsp3) is 0.550. The summed E-state index contributed by atoms with van der Waals surface area (Å²) in [7, 11) is 0. The van der Waals surface area contributed by atoms with Gasteiger partial charge in [-0.25, -0.2) is 9.78 Å². The van der Waals surface area contributed by atoms with Crippen LogP contribution in [-0.4, -0.2) is 34.4 Å². The van der Waals surface area contributed by atoms with Crippen molar-refractivity contribution < 1.29 is 9.53 Å². The molecule has 146 valence electrons. The normalized spacial score (nSPS) is 20.3. The van der Waals surface area contributed by atoms with Crippen LogP contribution >= 0.6 is 0 Å². The molecule has 1 aromatic carbocycles. The summed E-state index contributed by atoms with van der Waals surface area (Å²) >= 11 is 0. The van der Waals surface area contributed by atoms with Gasteiger partial charge in [-0.15, -0.1) is 0 Å². The van der Waals surface area contributed by atoms with E-state index in [0.717, 1.165) is 30.7 Å². The van der Waals surface area contributed by atoms with Gasteiger partial charge >= 0.3 is 6.03 Å². The number of hydrogen-bond acceptors (Lipinski definition) is 4. The van der Waals surface area contributed by atoms with Gasteiger partial charge in [0.1, 0.15) is 11.4 Å². The van der Waals surface area contributed by atoms with Crippen molar-refractivity contribution in [3.8, 4) is 0 Å². The molecule has 0 bridgehead atoms. The molecular weight excluding hydrogens is 342 g/mol. The Bertz CT molecular complexity index is 745. The van der Waals surface area contributed by atoms with Gasteiger partial charge in [0, 0.05) is 12.0 Å². The van der Waals surface area contributed by atoms with Gasteiger partial charge in [-0.1, -0.05) is 51.1 Å². The van der Waals surface area contributed by atoms with Crippen LogP contribution in [0.1, 0.15) is 57.2 Å². The summed E-state index contributed by atoms with van der Waals surface area (Å²) in [6, 6.07) is 9.88. The number of nitrogens with one attached hydrogen (secondary N) is 3. The average molecular weight is 371 g/mol. The lowest BCUT2D eigenvalue weighted by Gasteiger charge is -2.38. The van der Waals surface area contributed by atoms with Gasteiger partial charge in [-0.05, 0) is 24.8 Å². The second-order valence-corrected chi connectivity index (χ2v) is 8.06. The highest BCUT2D eigenvalue weighted by Gasteiger charge is 2.35. The van der Waals surface area contributed by atoms with Crippen molar-refractivity contribution in [2.45, 2.75) is 57.6 Å². The summed E-state index contributed by atoms with van der Waals surface area (Å²) < 4.78 is 6.13. The maximum absolute atomic E-state index is 12.3. The van der Waals surface area contributed by atoms with E-state index in [1.165, 1.54) is 0 Å². The third kappa shape index (κ3) is 4.86. The van der Waals surface area contributed by atoms with Crippen LogP contribution in [-0.2, 0) is 22.3 Å². The number of H-pyrrole nitrogens is 1. The van der Waals surface area contributed by atoms with Crippen molar-refractivity contribution in [1.29, 1.82) is 0 Å². The van der Waals surface area contributed by atoms with Gasteiger partial charge in [0.2, 0.25) is 0 Å². The Kier molecular flexibility index (Phi) is 5.79. The topological polar surface area (TPSA) is 91.9 Å². The van der Waals surface area contributed by atoms with Crippen molar-refractivity contribution in [2.75, 3.05) is 13.2 Å². The number of ether oxygens (including phenoxy) is 1. The van der Waals surface area contributed by atoms with E-state index < -0.39 is 5.60 Å². The molecule has 1 saturated heterocycles. The Balaban J connectivity index is 1.56. The molecule has 1 aliphatic heterocycles. The first kappa shape index (κ1) is 19.4. The van der Waals surface area contributed by atoms with E-state index in [1.54, 1.807) is 0 Å². The van der Waals surface area contributed by atoms with E-state index in [0.29, 0.717) is 25.5 Å². The molecule has 0 spiro atoms. The van der Waals surface area contributed by atoms with E-state index in [9.17, 15) is 4.79 Å². The Morgan fingerprint density at radius 3 is 2.63 bits per heavy atom. The molecule has 0 aliphatic carbocycles. The number of carbonyl (C=O) groups excluding carboxylic acids is 1. The molecule has 27 heavy (non-hydrogen) atoms. The summed E-state index contributed by atoms with van der Waals surface area (Å²) in [6.45, 7) is 7.60. The zero-order chi connectivity index (χ0) is 19.3. The second-order valence-electron chi connectivity index (χ2n) is 8.06. The molecule has 7 nitrogen and oxygen atoms in total. The van der Waals surface area contributed by atoms with Gasteiger partial charge in [0.25, 0.3) is 0 Å². The van der Waals surface area contributed by atoms with Gasteiger partial charge in [0.05, 0.1) is 13.1 Å². The Labute approximate surface area is 160 Å². The monoisotopic (exact) mass is 371 g/mol. The van der Waals surface area contributed by atoms with Crippen LogP contribution in [0.25, 0.3) is 0 Å². The number of urea groups is 1. The maximum Gasteiger partial charge on any atom is 0.315 e. The number of aromatic amines is 1. The Morgan fingerprint density at radius 1 is 1.22 bits per heavy atom. The zero-order valence-corrected chi connectivity index (χ0v) is 16.3. The molecule has 1 aromatic heterocycles. The predicted octanol–water partition coefficient (Wildman–Crippen LogP) is 3.00. The molecular formula is C20H29N5O2. The highest BCUT2D eigenvalue weighted by molar-refractivity contribution is 5.73. The Morgan fingerprint density at radius 2 is 2.00 bits per heavy atom. The first-order valence-electron chi connectivity index (χ1n) is 9.52. The van der Waals surface area contributed by atoms with E-state index in [1.807, 2.05) is 39.0 Å². The smallest absolute Gasteiger partial charge is 0.315 e. The number of nitrogens with zero attached hydrogens (tertiary/aromatic N) is 2. The van der Waals surface area contributed by atoms with Crippen LogP contribution in [0.4, 0.5) is 4.79 Å². The highest BCUT2D eigenvalue weighted by Crippen LogP contribution is 2.34. The quantitative estimate of drug-likeness (QED) is 0.753. The molecule has 2 heterocycles. The number of rotatable bonds is 5. The van der Waals surface area contributed by atoms with Crippen molar-refractivity contribution in [1.82, 2.24) is 25.8 Å². The fourth-order valence-corrected chi connectivity index (χ4v) is 3.22. The lowest BCUT2D eigenvalue weighted by molar-refractivity contribution is -0.0804. The molecule has 7 heteroatoms. The van der Waals surface area contributed by atoms with Gasteiger partial charge in [0.15, 0.2) is 5.82 Å². The van der Waals surface area contributed by atoms with E-state index in [-0.39, 0.29) is 11.4 Å². The minimum atomic E-state index is -0.456. The standard InChI is InChI=1S/C20H29N5O2/c1-19(2,3)17-23-16(24-25-17)13-21-18(26)22-14-20(11-7-8-12-27-20)15-9-5-4-6-10-15/h4-6,9-10H,7-8,11-14H2,1-3H3,(H2,21,22,26)(H,23,24,25). The van der Waals surface area contributed by atoms with Crippen molar-refractivity contribution in [2.24, 2.45) is 0 Å². The minimum Gasteiger partial charge on any atom is -0.368 e. The highest BCUT2D eigenvalue weighted by atomic mass is 16.5. The van der Waals surface area contributed by atoms with E-state index in [4.69, 9.17) is 4.74 Å². The Hall–Kier alpha value is -2.41. The molecule has 0 saturated carbocycles. The van der Waals surface area contributed by atoms with E-state index in [2.05, 4.69) is 37.9 Å². The molecule has 1 unspecified atom stereocenters. The number of hydrogen-bond donors (Lipinski definition) is 3. The number of amides is 2. The molecule has 1 aliphatic rings. The van der Waals surface area contributed by atoms with Crippen LogP contribution < -0.4 is 10.6 Å². The van der Waals surface area contributed by atoms with Crippen LogP contribution in [0.3, 0.4) is 0 Å². The number of aromatic nitrogens is 3. The summed E-state index contributed by atoms with van der Waals surface area (Å²) in [4.78, 5) is 16.7. The average Bonchev–Trinajstić information content (AvgIpc) is 3.16. The molecule has 1 fully saturated rings. The summed E-state index contributed by atoms with van der Waals surface area (Å²) in [5.74, 6) is 1.38. The van der Waals surface area contributed by atoms with Crippen LogP contribution in [0.2, 0.25) is 0 Å². The van der Waals surface area contributed by atoms with E-state index >= 15 is 0 Å². The van der Waals surface area contributed by atoms with Crippen molar-refractivity contribution in [3.05, 3.63) is 47.5 Å². The predicted molar refractivity (Wildman–Crippen MR) is 103 cm³/mol. The molecule has 0 radical (unpaired) electrons. The lowest BCUT2D eigenvalue weighted by Crippen LogP contribution is -2.47. The number of benzene rings is 1.